The van der Waals surface area contributed by atoms with Crippen LogP contribution in [0.1, 0.15) is 21.6 Å². The van der Waals surface area contributed by atoms with Crippen LogP contribution in [-0.2, 0) is 0 Å². The molecule has 2 aromatic rings. The minimum Gasteiger partial charge on any atom is -0.364 e. The summed E-state index contributed by atoms with van der Waals surface area (Å²) < 4.78 is 5.74. The first kappa shape index (κ1) is 11.9. The molecule has 1 amide bonds. The van der Waals surface area contributed by atoms with Crippen LogP contribution in [0.25, 0.3) is 0 Å². The molecule has 1 aromatic carbocycles. The Balaban J connectivity index is 2.19. The van der Waals surface area contributed by atoms with Crippen LogP contribution >= 0.6 is 15.9 Å². The zero-order valence-corrected chi connectivity index (χ0v) is 11.0. The molecule has 0 aliphatic rings. The Hall–Kier alpha value is -1.62. The van der Waals surface area contributed by atoms with Gasteiger partial charge in [-0.2, -0.15) is 0 Å². The first-order valence-electron chi connectivity index (χ1n) is 5.06. The van der Waals surface area contributed by atoms with Crippen LogP contribution in [0, 0.1) is 13.8 Å². The van der Waals surface area contributed by atoms with Gasteiger partial charge < -0.3 is 9.84 Å². The van der Waals surface area contributed by atoms with E-state index in [4.69, 9.17) is 4.52 Å². The summed E-state index contributed by atoms with van der Waals surface area (Å²) in [5.74, 6) is -0.266. The predicted octanol–water partition coefficient (Wildman–Crippen LogP) is 3.31. The number of nitrogens with one attached hydrogen (secondary N) is 1. The number of aromatic nitrogens is 1. The predicted molar refractivity (Wildman–Crippen MR) is 68.1 cm³/mol. The number of benzene rings is 1. The van der Waals surface area contributed by atoms with Crippen LogP contribution in [0.15, 0.2) is 33.5 Å². The lowest BCUT2D eigenvalue weighted by molar-refractivity contribution is 0.101. The molecule has 1 aromatic heterocycles. The summed E-state index contributed by atoms with van der Waals surface area (Å²) in [5.41, 5.74) is 2.82. The van der Waals surface area contributed by atoms with E-state index in [0.29, 0.717) is 5.69 Å². The molecule has 0 aliphatic heterocycles. The van der Waals surface area contributed by atoms with E-state index in [0.717, 1.165) is 21.3 Å². The third kappa shape index (κ3) is 2.55. The van der Waals surface area contributed by atoms with E-state index < -0.39 is 0 Å². The molecular formula is C12H11BrN2O2. The average Bonchev–Trinajstić information content (AvgIpc) is 2.70. The van der Waals surface area contributed by atoms with E-state index >= 15 is 0 Å². The lowest BCUT2D eigenvalue weighted by Gasteiger charge is -2.05. The molecule has 1 N–H and O–H groups in total. The first-order chi connectivity index (χ1) is 8.08. The number of halogens is 1. The molecule has 17 heavy (non-hydrogen) atoms. The van der Waals surface area contributed by atoms with Gasteiger partial charge in [-0.05, 0) is 37.6 Å². The number of nitrogens with zero attached hydrogens (tertiary/aromatic N) is 1. The Kier molecular flexibility index (Phi) is 3.28. The summed E-state index contributed by atoms with van der Waals surface area (Å²) in [6.07, 6.45) is 1.45. The van der Waals surface area contributed by atoms with Gasteiger partial charge in [0, 0.05) is 15.7 Å². The highest BCUT2D eigenvalue weighted by atomic mass is 79.9. The van der Waals surface area contributed by atoms with E-state index in [1.807, 2.05) is 25.1 Å². The molecule has 0 spiro atoms. The highest BCUT2D eigenvalue weighted by Gasteiger charge is 2.13. The molecule has 2 rings (SSSR count). The van der Waals surface area contributed by atoms with Crippen molar-refractivity contribution in [2.45, 2.75) is 13.8 Å². The maximum absolute atomic E-state index is 11.8. The standard InChI is InChI=1S/C12H11BrN2O2/c1-7-5-9(3-4-10(7)13)14-12(16)11-8(2)6-17-15-11/h3-6H,1-2H3,(H,14,16). The normalized spacial score (nSPS) is 10.3. The fourth-order valence-electron chi connectivity index (χ4n) is 1.42. The van der Waals surface area contributed by atoms with E-state index in [2.05, 4.69) is 26.4 Å². The molecule has 0 bridgehead atoms. The molecule has 4 nitrogen and oxygen atoms in total. The third-order valence-electron chi connectivity index (χ3n) is 2.38. The lowest BCUT2D eigenvalue weighted by Crippen LogP contribution is -2.13. The van der Waals surface area contributed by atoms with Crippen LogP contribution in [0.2, 0.25) is 0 Å². The number of amides is 1. The molecule has 0 aliphatic carbocycles. The molecule has 5 heteroatoms. The van der Waals surface area contributed by atoms with Gasteiger partial charge in [-0.25, -0.2) is 0 Å². The van der Waals surface area contributed by atoms with Gasteiger partial charge in [0.25, 0.3) is 5.91 Å². The maximum Gasteiger partial charge on any atom is 0.278 e. The Bertz CT molecular complexity index is 563. The van der Waals surface area contributed by atoms with Crippen LogP contribution in [0.5, 0.6) is 0 Å². The average molecular weight is 295 g/mol. The van der Waals surface area contributed by atoms with E-state index in [1.165, 1.54) is 6.26 Å². The quantitative estimate of drug-likeness (QED) is 0.924. The van der Waals surface area contributed by atoms with Crippen LogP contribution < -0.4 is 5.32 Å². The number of anilines is 1. The van der Waals surface area contributed by atoms with Crippen molar-refractivity contribution in [2.75, 3.05) is 5.32 Å². The first-order valence-corrected chi connectivity index (χ1v) is 5.85. The second-order valence-corrected chi connectivity index (χ2v) is 4.62. The molecular weight excluding hydrogens is 284 g/mol. The monoisotopic (exact) mass is 294 g/mol. The zero-order valence-electron chi connectivity index (χ0n) is 9.45. The smallest absolute Gasteiger partial charge is 0.278 e. The summed E-state index contributed by atoms with van der Waals surface area (Å²) in [6.45, 7) is 3.74. The number of carbonyl (C=O) groups is 1. The number of aryl methyl sites for hydroxylation is 2. The SMILES string of the molecule is Cc1cc(NC(=O)c2nocc2C)ccc1Br. The van der Waals surface area contributed by atoms with Crippen molar-refractivity contribution in [1.82, 2.24) is 5.16 Å². The van der Waals surface area contributed by atoms with E-state index in [1.54, 1.807) is 6.92 Å². The Labute approximate surface area is 107 Å². The molecule has 0 saturated heterocycles. The zero-order chi connectivity index (χ0) is 12.4. The number of hydrogen-bond donors (Lipinski definition) is 1. The topological polar surface area (TPSA) is 55.1 Å². The fourth-order valence-corrected chi connectivity index (χ4v) is 1.67. The van der Waals surface area contributed by atoms with Gasteiger partial charge in [0.05, 0.1) is 0 Å². The van der Waals surface area contributed by atoms with Crippen molar-refractivity contribution in [3.8, 4) is 0 Å². The van der Waals surface area contributed by atoms with Gasteiger partial charge >= 0.3 is 0 Å². The van der Waals surface area contributed by atoms with Gasteiger partial charge in [-0.15, -0.1) is 0 Å². The van der Waals surface area contributed by atoms with Crippen molar-refractivity contribution in [1.29, 1.82) is 0 Å². The molecule has 0 saturated carbocycles. The van der Waals surface area contributed by atoms with Gasteiger partial charge in [0.15, 0.2) is 5.69 Å². The molecule has 0 atom stereocenters. The van der Waals surface area contributed by atoms with Crippen molar-refractivity contribution >= 4 is 27.5 Å². The van der Waals surface area contributed by atoms with Crippen LogP contribution in [-0.4, -0.2) is 11.1 Å². The maximum atomic E-state index is 11.8. The Morgan fingerprint density at radius 1 is 1.35 bits per heavy atom. The molecule has 1 heterocycles. The van der Waals surface area contributed by atoms with Gasteiger partial charge in [0.1, 0.15) is 6.26 Å². The largest absolute Gasteiger partial charge is 0.364 e. The van der Waals surface area contributed by atoms with Gasteiger partial charge in [-0.1, -0.05) is 21.1 Å². The Morgan fingerprint density at radius 3 is 2.71 bits per heavy atom. The highest BCUT2D eigenvalue weighted by molar-refractivity contribution is 9.10. The van der Waals surface area contributed by atoms with Crippen LogP contribution in [0.4, 0.5) is 5.69 Å². The van der Waals surface area contributed by atoms with Crippen molar-refractivity contribution in [3.05, 3.63) is 45.8 Å². The van der Waals surface area contributed by atoms with Crippen molar-refractivity contribution in [3.63, 3.8) is 0 Å². The summed E-state index contributed by atoms with van der Waals surface area (Å²) >= 11 is 3.41. The summed E-state index contributed by atoms with van der Waals surface area (Å²) in [4.78, 5) is 11.8. The minimum atomic E-state index is -0.266. The summed E-state index contributed by atoms with van der Waals surface area (Å²) in [6, 6.07) is 5.60. The molecule has 0 unspecified atom stereocenters. The third-order valence-corrected chi connectivity index (χ3v) is 3.27. The fraction of sp³-hybridized carbons (Fsp3) is 0.167. The van der Waals surface area contributed by atoms with E-state index in [9.17, 15) is 4.79 Å². The summed E-state index contributed by atoms with van der Waals surface area (Å²) in [7, 11) is 0. The summed E-state index contributed by atoms with van der Waals surface area (Å²) in [5, 5.41) is 6.43. The number of carbonyl (C=O) groups excluding carboxylic acids is 1. The van der Waals surface area contributed by atoms with Crippen molar-refractivity contribution in [2.24, 2.45) is 0 Å². The van der Waals surface area contributed by atoms with Gasteiger partial charge in [0.2, 0.25) is 0 Å². The molecule has 0 radical (unpaired) electrons. The molecule has 0 fully saturated rings. The lowest BCUT2D eigenvalue weighted by atomic mass is 10.2. The highest BCUT2D eigenvalue weighted by Crippen LogP contribution is 2.20. The second-order valence-electron chi connectivity index (χ2n) is 3.76. The number of rotatable bonds is 2. The van der Waals surface area contributed by atoms with Crippen LogP contribution in [0.3, 0.4) is 0 Å². The molecule has 88 valence electrons. The van der Waals surface area contributed by atoms with Gasteiger partial charge in [-0.3, -0.25) is 4.79 Å². The second kappa shape index (κ2) is 4.71. The van der Waals surface area contributed by atoms with E-state index in [-0.39, 0.29) is 5.91 Å². The van der Waals surface area contributed by atoms with Crippen molar-refractivity contribution < 1.29 is 9.32 Å². The Morgan fingerprint density at radius 2 is 2.12 bits per heavy atom. The minimum absolute atomic E-state index is 0.266. The number of hydrogen-bond acceptors (Lipinski definition) is 3.